The number of rotatable bonds is 9. The number of hydrogen-bond acceptors (Lipinski definition) is 5. The zero-order chi connectivity index (χ0) is 20.6. The molecule has 3 heterocycles. The van der Waals surface area contributed by atoms with Crippen molar-refractivity contribution in [1.29, 1.82) is 0 Å². The van der Waals surface area contributed by atoms with E-state index in [4.69, 9.17) is 0 Å². The van der Waals surface area contributed by atoms with Gasteiger partial charge in [0.15, 0.2) is 0 Å². The third-order valence-corrected chi connectivity index (χ3v) is 8.62. The first-order valence-corrected chi connectivity index (χ1v) is 10.9. The van der Waals surface area contributed by atoms with Gasteiger partial charge in [0.2, 0.25) is 11.8 Å². The highest BCUT2D eigenvalue weighted by Crippen LogP contribution is 2.68. The summed E-state index contributed by atoms with van der Waals surface area (Å²) < 4.78 is -0.733. The van der Waals surface area contributed by atoms with Crippen LogP contribution in [-0.4, -0.2) is 80.1 Å². The lowest BCUT2D eigenvalue weighted by atomic mass is 9.66. The molecule has 1 spiro atoms. The predicted molar refractivity (Wildman–Crippen MR) is 107 cm³/mol. The summed E-state index contributed by atoms with van der Waals surface area (Å²) in [4.78, 5) is 42.1. The van der Waals surface area contributed by atoms with Crippen molar-refractivity contribution in [3.8, 4) is 0 Å². The minimum atomic E-state index is -0.962. The molecule has 0 aromatic carbocycles. The second-order valence-electron chi connectivity index (χ2n) is 8.07. The van der Waals surface area contributed by atoms with E-state index in [1.807, 2.05) is 6.92 Å². The number of likely N-dealkylation sites (tertiary alicyclic amines) is 1. The molecule has 3 aliphatic rings. The summed E-state index contributed by atoms with van der Waals surface area (Å²) in [6, 6.07) is -0.733. The van der Waals surface area contributed by atoms with E-state index >= 15 is 0 Å². The molecule has 3 aliphatic heterocycles. The van der Waals surface area contributed by atoms with Gasteiger partial charge in [-0.05, 0) is 18.8 Å². The highest BCUT2D eigenvalue weighted by Gasteiger charge is 2.76. The molecule has 2 N–H and O–H groups in total. The largest absolute Gasteiger partial charge is 0.481 e. The lowest BCUT2D eigenvalue weighted by Gasteiger charge is -2.40. The van der Waals surface area contributed by atoms with E-state index in [1.165, 1.54) is 16.7 Å². The van der Waals surface area contributed by atoms with Gasteiger partial charge in [-0.15, -0.1) is 18.3 Å². The molecule has 3 fully saturated rings. The molecule has 0 radical (unpaired) electrons. The number of aliphatic hydroxyl groups excluding tert-OH is 1. The van der Waals surface area contributed by atoms with Crippen molar-refractivity contribution in [2.75, 3.05) is 26.2 Å². The van der Waals surface area contributed by atoms with Crippen LogP contribution in [-0.2, 0) is 14.4 Å². The molecule has 156 valence electrons. The summed E-state index contributed by atoms with van der Waals surface area (Å²) in [6.07, 6.45) is 4.16. The maximum atomic E-state index is 13.7. The Morgan fingerprint density at radius 3 is 2.75 bits per heavy atom. The van der Waals surface area contributed by atoms with Gasteiger partial charge in [-0.25, -0.2) is 0 Å². The number of hydrogen-bond donors (Lipinski definition) is 2. The molecule has 0 aromatic rings. The maximum absolute atomic E-state index is 13.7. The van der Waals surface area contributed by atoms with Crippen LogP contribution in [0, 0.1) is 17.8 Å². The Morgan fingerprint density at radius 2 is 2.18 bits per heavy atom. The lowest BCUT2D eigenvalue weighted by Crippen LogP contribution is -2.57. The van der Waals surface area contributed by atoms with E-state index in [0.29, 0.717) is 19.5 Å². The Hall–Kier alpha value is -1.54. The highest BCUT2D eigenvalue weighted by atomic mass is 32.2. The van der Waals surface area contributed by atoms with E-state index in [0.717, 1.165) is 12.8 Å². The molecular formula is C20H30N2O5S. The number of nitrogens with zero attached hydrogens (tertiary/aromatic N) is 2. The summed E-state index contributed by atoms with van der Waals surface area (Å²) in [5, 5.41) is 19.2. The van der Waals surface area contributed by atoms with Crippen LogP contribution in [0.25, 0.3) is 0 Å². The first kappa shape index (κ1) is 21.2. The number of aliphatic hydroxyl groups is 1. The van der Waals surface area contributed by atoms with Crippen molar-refractivity contribution in [3.05, 3.63) is 12.7 Å². The number of unbranched alkanes of at least 4 members (excludes halogenated alkanes) is 1. The van der Waals surface area contributed by atoms with Gasteiger partial charge in [0.05, 0.1) is 23.2 Å². The smallest absolute Gasteiger partial charge is 0.308 e. The van der Waals surface area contributed by atoms with Crippen LogP contribution >= 0.6 is 11.8 Å². The second kappa shape index (κ2) is 8.06. The Morgan fingerprint density at radius 1 is 1.46 bits per heavy atom. The number of carbonyl (C=O) groups excluding carboxylic acids is 2. The van der Waals surface area contributed by atoms with Gasteiger partial charge in [-0.2, -0.15) is 0 Å². The van der Waals surface area contributed by atoms with E-state index in [9.17, 15) is 24.6 Å². The molecule has 3 unspecified atom stereocenters. The number of carbonyl (C=O) groups is 3. The minimum Gasteiger partial charge on any atom is -0.481 e. The number of aliphatic carboxylic acids is 1. The zero-order valence-electron chi connectivity index (χ0n) is 16.5. The Kier molecular flexibility index (Phi) is 6.10. The molecule has 0 saturated carbocycles. The first-order valence-electron chi connectivity index (χ1n) is 10.1. The monoisotopic (exact) mass is 410 g/mol. The van der Waals surface area contributed by atoms with Crippen molar-refractivity contribution in [1.82, 2.24) is 9.80 Å². The van der Waals surface area contributed by atoms with Gasteiger partial charge >= 0.3 is 5.97 Å². The van der Waals surface area contributed by atoms with Crippen LogP contribution in [0.3, 0.4) is 0 Å². The highest BCUT2D eigenvalue weighted by molar-refractivity contribution is 8.02. The molecule has 2 bridgehead atoms. The van der Waals surface area contributed by atoms with Crippen LogP contribution in [0.1, 0.15) is 33.1 Å². The van der Waals surface area contributed by atoms with Gasteiger partial charge in [-0.1, -0.05) is 26.3 Å². The summed E-state index contributed by atoms with van der Waals surface area (Å²) in [7, 11) is 0. The SMILES string of the molecule is C=CCN(CCCC)C(=O)C1N(CCO)C(=O)[C@@H]2[C@@H](C(=O)O)[C@H]3CC(C)C12S3. The number of amides is 2. The number of fused-ring (bicyclic) bond motifs is 1. The zero-order valence-corrected chi connectivity index (χ0v) is 17.4. The number of β-amino-alcohol motifs (C(OH)–C–C–N with tert-alkyl or cyclic N) is 1. The minimum absolute atomic E-state index is 0.0491. The fraction of sp³-hybridized carbons (Fsp3) is 0.750. The topological polar surface area (TPSA) is 98.2 Å². The van der Waals surface area contributed by atoms with Crippen molar-refractivity contribution < 1.29 is 24.6 Å². The molecule has 3 rings (SSSR count). The quantitative estimate of drug-likeness (QED) is 0.555. The van der Waals surface area contributed by atoms with Gasteiger partial charge in [0, 0.05) is 24.9 Å². The standard InChI is InChI=1S/C20H30N2O5S/c1-4-6-8-21(7-5-2)18(25)16-20-12(3)11-13(28-20)14(19(26)27)15(20)17(24)22(16)9-10-23/h5,12-16,23H,2,4,6-11H2,1,3H3,(H,26,27)/t12?,13-,14+,15+,16?,20?/m1/s1. The third kappa shape index (κ3) is 2.96. The van der Waals surface area contributed by atoms with E-state index in [2.05, 4.69) is 13.5 Å². The van der Waals surface area contributed by atoms with E-state index < -0.39 is 28.6 Å². The van der Waals surface area contributed by atoms with Crippen LogP contribution in [0.2, 0.25) is 0 Å². The number of carboxylic acids is 1. The normalized spacial score (nSPS) is 35.9. The Bertz CT molecular complexity index is 671. The molecular weight excluding hydrogens is 380 g/mol. The lowest BCUT2D eigenvalue weighted by molar-refractivity contribution is -0.149. The summed E-state index contributed by atoms with van der Waals surface area (Å²) >= 11 is 1.52. The fourth-order valence-electron chi connectivity index (χ4n) is 5.40. The Balaban J connectivity index is 2.04. The number of carboxylic acid groups (broad SMARTS) is 1. The molecule has 0 aliphatic carbocycles. The third-order valence-electron chi connectivity index (χ3n) is 6.55. The summed E-state index contributed by atoms with van der Waals surface area (Å²) in [5.41, 5.74) is 0. The molecule has 2 amide bonds. The van der Waals surface area contributed by atoms with Crippen molar-refractivity contribution in [3.63, 3.8) is 0 Å². The average Bonchev–Trinajstić information content (AvgIpc) is 3.23. The number of thioether (sulfide) groups is 1. The molecule has 7 nitrogen and oxygen atoms in total. The molecule has 8 heteroatoms. The van der Waals surface area contributed by atoms with Gasteiger partial charge < -0.3 is 20.0 Å². The molecule has 0 aromatic heterocycles. The van der Waals surface area contributed by atoms with Crippen LogP contribution in [0.4, 0.5) is 0 Å². The summed E-state index contributed by atoms with van der Waals surface area (Å²) in [5.74, 6) is -2.83. The molecule has 6 atom stereocenters. The summed E-state index contributed by atoms with van der Waals surface area (Å²) in [6.45, 7) is 8.59. The average molecular weight is 411 g/mol. The van der Waals surface area contributed by atoms with Gasteiger partial charge in [-0.3, -0.25) is 14.4 Å². The van der Waals surface area contributed by atoms with Crippen LogP contribution in [0.5, 0.6) is 0 Å². The molecule has 3 saturated heterocycles. The molecule has 28 heavy (non-hydrogen) atoms. The van der Waals surface area contributed by atoms with Crippen molar-refractivity contribution in [2.24, 2.45) is 17.8 Å². The van der Waals surface area contributed by atoms with E-state index in [-0.39, 0.29) is 36.1 Å². The maximum Gasteiger partial charge on any atom is 0.308 e. The van der Waals surface area contributed by atoms with Crippen molar-refractivity contribution in [2.45, 2.75) is 49.1 Å². The van der Waals surface area contributed by atoms with Gasteiger partial charge in [0.25, 0.3) is 0 Å². The first-order chi connectivity index (χ1) is 13.3. The second-order valence-corrected chi connectivity index (χ2v) is 9.62. The van der Waals surface area contributed by atoms with E-state index in [1.54, 1.807) is 11.0 Å². The van der Waals surface area contributed by atoms with Crippen LogP contribution in [0.15, 0.2) is 12.7 Å². The van der Waals surface area contributed by atoms with Crippen molar-refractivity contribution >= 4 is 29.5 Å². The Labute approximate surface area is 170 Å². The van der Waals surface area contributed by atoms with Gasteiger partial charge in [0.1, 0.15) is 6.04 Å². The fourth-order valence-corrected chi connectivity index (χ4v) is 7.81. The van der Waals surface area contributed by atoms with Crippen LogP contribution < -0.4 is 0 Å². The predicted octanol–water partition coefficient (Wildman–Crippen LogP) is 1.22.